The number of carbonyl (C=O) groups excluding carboxylic acids is 1. The monoisotopic (exact) mass is 409 g/mol. The summed E-state index contributed by atoms with van der Waals surface area (Å²) in [6.07, 6.45) is 0. The highest BCUT2D eigenvalue weighted by molar-refractivity contribution is 7.89. The Hall–Kier alpha value is -1.22. The number of esters is 1. The van der Waals surface area contributed by atoms with Gasteiger partial charge in [-0.2, -0.15) is 4.72 Å². The van der Waals surface area contributed by atoms with E-state index in [9.17, 15) is 17.6 Å². The Kier molecular flexibility index (Phi) is 7.20. The van der Waals surface area contributed by atoms with Crippen LogP contribution in [0.5, 0.6) is 0 Å². The summed E-state index contributed by atoms with van der Waals surface area (Å²) in [6, 6.07) is 1.68. The molecular weight excluding hydrogens is 385 g/mol. The zero-order valence-electron chi connectivity index (χ0n) is 15.7. The van der Waals surface area contributed by atoms with E-state index in [-0.39, 0.29) is 16.5 Å². The SMILES string of the molecule is CC(C)(C)OCC(NS(=O)(=O)c1ccc(F)c(Cl)c1)C(=O)OC(C)(C)C. The van der Waals surface area contributed by atoms with E-state index >= 15 is 0 Å². The van der Waals surface area contributed by atoms with E-state index < -0.39 is 39.1 Å². The van der Waals surface area contributed by atoms with Crippen molar-refractivity contribution < 1.29 is 27.1 Å². The Balaban J connectivity index is 3.08. The highest BCUT2D eigenvalue weighted by Crippen LogP contribution is 2.20. The van der Waals surface area contributed by atoms with E-state index in [4.69, 9.17) is 21.1 Å². The van der Waals surface area contributed by atoms with Gasteiger partial charge in [-0.05, 0) is 59.7 Å². The van der Waals surface area contributed by atoms with Crippen LogP contribution in [-0.2, 0) is 24.3 Å². The summed E-state index contributed by atoms with van der Waals surface area (Å²) < 4.78 is 51.4. The fourth-order valence-electron chi connectivity index (χ4n) is 1.76. The lowest BCUT2D eigenvalue weighted by atomic mass is 10.2. The van der Waals surface area contributed by atoms with Crippen LogP contribution in [0.3, 0.4) is 0 Å². The van der Waals surface area contributed by atoms with Gasteiger partial charge >= 0.3 is 5.97 Å². The summed E-state index contributed by atoms with van der Waals surface area (Å²) in [4.78, 5) is 12.1. The van der Waals surface area contributed by atoms with Crippen LogP contribution in [0.25, 0.3) is 0 Å². The van der Waals surface area contributed by atoms with Crippen molar-refractivity contribution in [3.8, 4) is 0 Å². The summed E-state index contributed by atoms with van der Waals surface area (Å²) in [5.41, 5.74) is -1.40. The van der Waals surface area contributed by atoms with Crippen molar-refractivity contribution in [2.45, 2.75) is 63.7 Å². The molecule has 0 saturated heterocycles. The minimum absolute atomic E-state index is 0.230. The third-order valence-electron chi connectivity index (χ3n) is 2.87. The zero-order chi connectivity index (χ0) is 20.3. The molecule has 0 aliphatic rings. The Morgan fingerprint density at radius 1 is 1.19 bits per heavy atom. The molecule has 1 atom stereocenters. The minimum atomic E-state index is -4.15. The van der Waals surface area contributed by atoms with Gasteiger partial charge in [0.2, 0.25) is 10.0 Å². The molecule has 1 unspecified atom stereocenters. The number of halogens is 2. The minimum Gasteiger partial charge on any atom is -0.459 e. The molecule has 0 saturated carbocycles. The second kappa shape index (κ2) is 8.21. The van der Waals surface area contributed by atoms with Crippen molar-refractivity contribution in [1.29, 1.82) is 0 Å². The van der Waals surface area contributed by atoms with Crippen LogP contribution in [0, 0.1) is 5.82 Å². The Morgan fingerprint density at radius 2 is 1.77 bits per heavy atom. The lowest BCUT2D eigenvalue weighted by Gasteiger charge is -2.27. The summed E-state index contributed by atoms with van der Waals surface area (Å²) in [6.45, 7) is 10.1. The van der Waals surface area contributed by atoms with E-state index in [0.29, 0.717) is 0 Å². The first kappa shape index (κ1) is 22.8. The number of hydrogen-bond acceptors (Lipinski definition) is 5. The van der Waals surface area contributed by atoms with Gasteiger partial charge in [0.05, 0.1) is 22.1 Å². The Morgan fingerprint density at radius 3 is 2.23 bits per heavy atom. The van der Waals surface area contributed by atoms with Gasteiger partial charge in [-0.3, -0.25) is 4.79 Å². The highest BCUT2D eigenvalue weighted by atomic mass is 35.5. The van der Waals surface area contributed by atoms with Gasteiger partial charge in [0.25, 0.3) is 0 Å². The van der Waals surface area contributed by atoms with E-state index in [2.05, 4.69) is 4.72 Å². The molecule has 0 aromatic heterocycles. The number of sulfonamides is 1. The molecule has 0 heterocycles. The maximum Gasteiger partial charge on any atom is 0.327 e. The molecule has 0 aliphatic heterocycles. The maximum atomic E-state index is 13.3. The molecule has 0 radical (unpaired) electrons. The molecule has 26 heavy (non-hydrogen) atoms. The lowest BCUT2D eigenvalue weighted by molar-refractivity contribution is -0.159. The molecule has 0 amide bonds. The van der Waals surface area contributed by atoms with Gasteiger partial charge in [-0.15, -0.1) is 0 Å². The van der Waals surface area contributed by atoms with Crippen LogP contribution in [0.15, 0.2) is 23.1 Å². The molecule has 148 valence electrons. The fraction of sp³-hybridized carbons (Fsp3) is 0.588. The second-order valence-corrected chi connectivity index (χ2v) is 9.83. The lowest BCUT2D eigenvalue weighted by Crippen LogP contribution is -2.48. The number of carbonyl (C=O) groups is 1. The first-order valence-electron chi connectivity index (χ1n) is 7.95. The molecule has 0 spiro atoms. The van der Waals surface area contributed by atoms with Crippen molar-refractivity contribution in [2.24, 2.45) is 0 Å². The zero-order valence-corrected chi connectivity index (χ0v) is 17.3. The first-order valence-corrected chi connectivity index (χ1v) is 9.81. The van der Waals surface area contributed by atoms with Gasteiger partial charge in [0, 0.05) is 0 Å². The fourth-order valence-corrected chi connectivity index (χ4v) is 3.20. The third kappa shape index (κ3) is 7.57. The molecule has 0 fully saturated rings. The molecule has 0 aliphatic carbocycles. The molecule has 1 N–H and O–H groups in total. The van der Waals surface area contributed by atoms with Crippen LogP contribution >= 0.6 is 11.6 Å². The normalized spacial score (nSPS) is 14.2. The van der Waals surface area contributed by atoms with Crippen molar-refractivity contribution in [1.82, 2.24) is 4.72 Å². The van der Waals surface area contributed by atoms with E-state index in [1.54, 1.807) is 41.5 Å². The molecular formula is C17H25ClFNO5S. The quantitative estimate of drug-likeness (QED) is 0.729. The van der Waals surface area contributed by atoms with Crippen LogP contribution in [0.2, 0.25) is 5.02 Å². The number of benzene rings is 1. The summed E-state index contributed by atoms with van der Waals surface area (Å²) >= 11 is 5.64. The van der Waals surface area contributed by atoms with Crippen LogP contribution in [0.4, 0.5) is 4.39 Å². The molecule has 1 rings (SSSR count). The van der Waals surface area contributed by atoms with Gasteiger partial charge in [0.1, 0.15) is 17.5 Å². The van der Waals surface area contributed by atoms with Crippen molar-refractivity contribution in [2.75, 3.05) is 6.61 Å². The standard InChI is InChI=1S/C17H25ClFNO5S/c1-16(2,3)24-10-14(15(21)25-17(4,5)6)20-26(22,23)11-7-8-13(19)12(18)9-11/h7-9,14,20H,10H2,1-6H3. The summed E-state index contributed by atoms with van der Waals surface area (Å²) in [7, 11) is -4.15. The Labute approximate surface area is 159 Å². The predicted molar refractivity (Wildman–Crippen MR) is 97.1 cm³/mol. The maximum absolute atomic E-state index is 13.3. The number of ether oxygens (including phenoxy) is 2. The highest BCUT2D eigenvalue weighted by Gasteiger charge is 2.31. The molecule has 9 heteroatoms. The number of hydrogen-bond donors (Lipinski definition) is 1. The average molecular weight is 410 g/mol. The van der Waals surface area contributed by atoms with E-state index in [0.717, 1.165) is 18.2 Å². The molecule has 1 aromatic carbocycles. The van der Waals surface area contributed by atoms with E-state index in [1.165, 1.54) is 0 Å². The smallest absolute Gasteiger partial charge is 0.327 e. The topological polar surface area (TPSA) is 81.7 Å². The molecule has 6 nitrogen and oxygen atoms in total. The largest absolute Gasteiger partial charge is 0.459 e. The predicted octanol–water partition coefficient (Wildman–Crippen LogP) is 3.28. The van der Waals surface area contributed by atoms with Gasteiger partial charge in [-0.1, -0.05) is 11.6 Å². The van der Waals surface area contributed by atoms with Crippen molar-refractivity contribution in [3.63, 3.8) is 0 Å². The second-order valence-electron chi connectivity index (χ2n) is 7.71. The van der Waals surface area contributed by atoms with Crippen LogP contribution in [-0.4, -0.2) is 38.2 Å². The van der Waals surface area contributed by atoms with Gasteiger partial charge < -0.3 is 9.47 Å². The van der Waals surface area contributed by atoms with Gasteiger partial charge in [0.15, 0.2) is 0 Å². The van der Waals surface area contributed by atoms with E-state index in [1.807, 2.05) is 0 Å². The average Bonchev–Trinajstić information content (AvgIpc) is 2.43. The third-order valence-corrected chi connectivity index (χ3v) is 4.63. The first-order chi connectivity index (χ1) is 11.6. The number of rotatable bonds is 6. The molecule has 0 bridgehead atoms. The summed E-state index contributed by atoms with van der Waals surface area (Å²) in [5.74, 6) is -1.52. The van der Waals surface area contributed by atoms with Crippen LogP contribution < -0.4 is 4.72 Å². The van der Waals surface area contributed by atoms with Gasteiger partial charge in [-0.25, -0.2) is 12.8 Å². The molecule has 1 aromatic rings. The number of nitrogens with one attached hydrogen (secondary N) is 1. The Bertz CT molecular complexity index is 753. The summed E-state index contributed by atoms with van der Waals surface area (Å²) in [5, 5.41) is -0.340. The van der Waals surface area contributed by atoms with Crippen molar-refractivity contribution in [3.05, 3.63) is 29.0 Å². The van der Waals surface area contributed by atoms with Crippen molar-refractivity contribution >= 4 is 27.6 Å². The van der Waals surface area contributed by atoms with Crippen LogP contribution in [0.1, 0.15) is 41.5 Å².